The zero-order chi connectivity index (χ0) is 15.7. The topological polar surface area (TPSA) is 63.7 Å². The van der Waals surface area contributed by atoms with Crippen LogP contribution in [0.1, 0.15) is 42.1 Å². The summed E-state index contributed by atoms with van der Waals surface area (Å²) in [6, 6.07) is 4.87. The third-order valence-corrected chi connectivity index (χ3v) is 6.49. The van der Waals surface area contributed by atoms with Crippen molar-refractivity contribution < 1.29 is 17.9 Å². The van der Waals surface area contributed by atoms with Gasteiger partial charge in [0, 0.05) is 25.1 Å². The van der Waals surface area contributed by atoms with E-state index < -0.39 is 10.0 Å². The molecule has 5 nitrogen and oxygen atoms in total. The van der Waals surface area contributed by atoms with Gasteiger partial charge in [-0.3, -0.25) is 4.79 Å². The van der Waals surface area contributed by atoms with Crippen molar-refractivity contribution in [3.8, 4) is 0 Å². The van der Waals surface area contributed by atoms with Gasteiger partial charge in [-0.25, -0.2) is 8.42 Å². The maximum absolute atomic E-state index is 12.9. The molecule has 1 aromatic rings. The van der Waals surface area contributed by atoms with E-state index in [-0.39, 0.29) is 16.7 Å². The number of sulfonamides is 1. The minimum Gasteiger partial charge on any atom is -0.380 e. The molecule has 3 rings (SSSR count). The molecule has 6 heteroatoms. The van der Waals surface area contributed by atoms with E-state index in [0.717, 1.165) is 24.8 Å². The molecule has 0 amide bonds. The van der Waals surface area contributed by atoms with Gasteiger partial charge in [-0.15, -0.1) is 0 Å². The maximum atomic E-state index is 12.9. The van der Waals surface area contributed by atoms with Gasteiger partial charge in [0.1, 0.15) is 0 Å². The SMILES string of the molecule is CCN([C@H]1CCOC1)S(=O)(=O)c1ccc2c(c1)C(=O)CCC2. The Morgan fingerprint density at radius 2 is 2.14 bits per heavy atom. The summed E-state index contributed by atoms with van der Waals surface area (Å²) in [6.45, 7) is 3.27. The summed E-state index contributed by atoms with van der Waals surface area (Å²) in [5.41, 5.74) is 1.54. The molecular weight excluding hydrogens is 302 g/mol. The highest BCUT2D eigenvalue weighted by Crippen LogP contribution is 2.27. The number of carbonyl (C=O) groups is 1. The molecule has 1 atom stereocenters. The summed E-state index contributed by atoms with van der Waals surface area (Å²) in [5, 5.41) is 0. The number of carbonyl (C=O) groups excluding carboxylic acids is 1. The zero-order valence-corrected chi connectivity index (χ0v) is 13.6. The van der Waals surface area contributed by atoms with Gasteiger partial charge in [0.2, 0.25) is 10.0 Å². The lowest BCUT2D eigenvalue weighted by atomic mass is 9.91. The molecule has 1 aliphatic carbocycles. The highest BCUT2D eigenvalue weighted by molar-refractivity contribution is 7.89. The van der Waals surface area contributed by atoms with Crippen molar-refractivity contribution in [3.63, 3.8) is 0 Å². The van der Waals surface area contributed by atoms with E-state index >= 15 is 0 Å². The van der Waals surface area contributed by atoms with Crippen molar-refractivity contribution >= 4 is 15.8 Å². The van der Waals surface area contributed by atoms with Gasteiger partial charge in [0.15, 0.2) is 5.78 Å². The average molecular weight is 323 g/mol. The smallest absolute Gasteiger partial charge is 0.243 e. The number of ether oxygens (including phenoxy) is 1. The lowest BCUT2D eigenvalue weighted by molar-refractivity contribution is 0.0972. The lowest BCUT2D eigenvalue weighted by Crippen LogP contribution is -2.40. The number of Topliss-reactive ketones (excluding diaryl/α,β-unsaturated/α-hetero) is 1. The van der Waals surface area contributed by atoms with Gasteiger partial charge in [-0.2, -0.15) is 4.31 Å². The highest BCUT2D eigenvalue weighted by atomic mass is 32.2. The Morgan fingerprint density at radius 1 is 1.32 bits per heavy atom. The number of hydrogen-bond donors (Lipinski definition) is 0. The van der Waals surface area contributed by atoms with Crippen molar-refractivity contribution in [1.82, 2.24) is 4.31 Å². The molecule has 0 spiro atoms. The molecule has 120 valence electrons. The minimum absolute atomic E-state index is 0.0468. The predicted molar refractivity (Wildman–Crippen MR) is 82.5 cm³/mol. The van der Waals surface area contributed by atoms with Crippen LogP contribution in [0.25, 0.3) is 0 Å². The van der Waals surface area contributed by atoms with Crippen molar-refractivity contribution in [3.05, 3.63) is 29.3 Å². The Balaban J connectivity index is 1.98. The first-order chi connectivity index (χ1) is 10.5. The lowest BCUT2D eigenvalue weighted by Gasteiger charge is -2.26. The first-order valence-corrected chi connectivity index (χ1v) is 9.23. The largest absolute Gasteiger partial charge is 0.380 e. The van der Waals surface area contributed by atoms with Crippen LogP contribution in [0.2, 0.25) is 0 Å². The molecule has 0 saturated carbocycles. The molecule has 0 unspecified atom stereocenters. The molecule has 1 fully saturated rings. The number of hydrogen-bond acceptors (Lipinski definition) is 4. The van der Waals surface area contributed by atoms with Crippen molar-refractivity contribution in [2.24, 2.45) is 0 Å². The summed E-state index contributed by atoms with van der Waals surface area (Å²) in [7, 11) is -3.59. The summed E-state index contributed by atoms with van der Waals surface area (Å²) < 4.78 is 32.6. The van der Waals surface area contributed by atoms with Crippen LogP contribution >= 0.6 is 0 Å². The second-order valence-corrected chi connectivity index (χ2v) is 7.71. The molecule has 1 aliphatic heterocycles. The minimum atomic E-state index is -3.59. The molecule has 1 saturated heterocycles. The van der Waals surface area contributed by atoms with Crippen LogP contribution in [-0.2, 0) is 21.2 Å². The third kappa shape index (κ3) is 2.71. The van der Waals surface area contributed by atoms with Crippen LogP contribution in [0.4, 0.5) is 0 Å². The summed E-state index contributed by atoms with van der Waals surface area (Å²) in [5.74, 6) is 0.0468. The molecule has 0 radical (unpaired) electrons. The number of nitrogens with zero attached hydrogens (tertiary/aromatic N) is 1. The van der Waals surface area contributed by atoms with Crippen LogP contribution in [0.3, 0.4) is 0 Å². The first-order valence-electron chi connectivity index (χ1n) is 7.79. The van der Waals surface area contributed by atoms with E-state index in [2.05, 4.69) is 0 Å². The van der Waals surface area contributed by atoms with E-state index in [9.17, 15) is 13.2 Å². The summed E-state index contributed by atoms with van der Waals surface area (Å²) >= 11 is 0. The van der Waals surface area contributed by atoms with Crippen LogP contribution < -0.4 is 0 Å². The van der Waals surface area contributed by atoms with Crippen LogP contribution in [0.5, 0.6) is 0 Å². The van der Waals surface area contributed by atoms with Gasteiger partial charge in [0.05, 0.1) is 17.5 Å². The number of benzene rings is 1. The second-order valence-electron chi connectivity index (χ2n) is 5.82. The fraction of sp³-hybridized carbons (Fsp3) is 0.562. The molecule has 0 bridgehead atoms. The number of aryl methyl sites for hydroxylation is 1. The summed E-state index contributed by atoms with van der Waals surface area (Å²) in [6.07, 6.45) is 2.91. The van der Waals surface area contributed by atoms with Crippen LogP contribution in [-0.4, -0.2) is 44.3 Å². The number of fused-ring (bicyclic) bond motifs is 1. The summed E-state index contributed by atoms with van der Waals surface area (Å²) in [4.78, 5) is 12.2. The Labute approximate surface area is 131 Å². The molecule has 2 aliphatic rings. The second kappa shape index (κ2) is 6.10. The normalized spacial score (nSPS) is 22.1. The van der Waals surface area contributed by atoms with E-state index in [1.807, 2.05) is 6.92 Å². The molecule has 1 heterocycles. The van der Waals surface area contributed by atoms with Crippen molar-refractivity contribution in [2.45, 2.75) is 43.5 Å². The van der Waals surface area contributed by atoms with E-state index in [1.165, 1.54) is 4.31 Å². The quantitative estimate of drug-likeness (QED) is 0.850. The first kappa shape index (κ1) is 15.6. The third-order valence-electron chi connectivity index (χ3n) is 4.46. The van der Waals surface area contributed by atoms with Gasteiger partial charge in [-0.1, -0.05) is 13.0 Å². The Kier molecular flexibility index (Phi) is 4.34. The van der Waals surface area contributed by atoms with Gasteiger partial charge < -0.3 is 4.74 Å². The fourth-order valence-corrected chi connectivity index (χ4v) is 4.95. The van der Waals surface area contributed by atoms with Crippen molar-refractivity contribution in [2.75, 3.05) is 19.8 Å². The van der Waals surface area contributed by atoms with Gasteiger partial charge >= 0.3 is 0 Å². The zero-order valence-electron chi connectivity index (χ0n) is 12.7. The average Bonchev–Trinajstić information content (AvgIpc) is 3.02. The molecular formula is C16H21NO4S. The number of rotatable bonds is 4. The van der Waals surface area contributed by atoms with Crippen LogP contribution in [0.15, 0.2) is 23.1 Å². The van der Waals surface area contributed by atoms with E-state index in [1.54, 1.807) is 18.2 Å². The fourth-order valence-electron chi connectivity index (χ4n) is 3.28. The predicted octanol–water partition coefficient (Wildman–Crippen LogP) is 2.01. The maximum Gasteiger partial charge on any atom is 0.243 e. The number of likely N-dealkylation sites (N-methyl/N-ethyl adjacent to an activating group) is 1. The van der Waals surface area contributed by atoms with Gasteiger partial charge in [-0.05, 0) is 37.0 Å². The Morgan fingerprint density at radius 3 is 2.82 bits per heavy atom. The van der Waals surface area contributed by atoms with E-state index in [4.69, 9.17) is 4.74 Å². The Bertz CT molecular complexity index is 677. The van der Waals surface area contributed by atoms with Gasteiger partial charge in [0.25, 0.3) is 0 Å². The van der Waals surface area contributed by atoms with Crippen molar-refractivity contribution in [1.29, 1.82) is 0 Å². The van der Waals surface area contributed by atoms with E-state index in [0.29, 0.717) is 31.7 Å². The molecule has 1 aromatic carbocycles. The standard InChI is InChI=1S/C16H21NO4S/c1-2-17(13-8-9-21-11-13)22(19,20)14-7-6-12-4-3-5-16(18)15(12)10-14/h6-7,10,13H,2-5,8-9,11H2,1H3/t13-/m0/s1. The molecule has 0 N–H and O–H groups in total. The Hall–Kier alpha value is -1.24. The monoisotopic (exact) mass is 323 g/mol. The van der Waals surface area contributed by atoms with Crippen LogP contribution in [0, 0.1) is 0 Å². The number of ketones is 1. The highest BCUT2D eigenvalue weighted by Gasteiger charge is 2.33. The molecule has 22 heavy (non-hydrogen) atoms. The molecule has 0 aromatic heterocycles.